The number of piperidine rings is 2. The van der Waals surface area contributed by atoms with E-state index in [0.29, 0.717) is 13.2 Å². The average molecular weight is 377 g/mol. The van der Waals surface area contributed by atoms with Crippen LogP contribution in [0.3, 0.4) is 0 Å². The molecule has 2 heterocycles. The molecule has 0 bridgehead atoms. The molecule has 0 saturated carbocycles. The van der Waals surface area contributed by atoms with Gasteiger partial charge in [-0.1, -0.05) is 21.6 Å². The van der Waals surface area contributed by atoms with Crippen LogP contribution in [0.5, 0.6) is 0 Å². The van der Waals surface area contributed by atoms with E-state index in [1.807, 2.05) is 21.6 Å². The largest absolute Gasteiger partial charge is 0.396 e. The number of aliphatic hydroxyl groups is 2. The van der Waals surface area contributed by atoms with E-state index in [2.05, 4.69) is 9.80 Å². The molecular formula is C18H36N2O2S2. The van der Waals surface area contributed by atoms with Gasteiger partial charge in [0.1, 0.15) is 0 Å². The first-order chi connectivity index (χ1) is 11.8. The third-order valence-corrected chi connectivity index (χ3v) is 7.92. The minimum atomic E-state index is 0.357. The van der Waals surface area contributed by atoms with Crippen molar-refractivity contribution in [1.29, 1.82) is 0 Å². The fourth-order valence-corrected chi connectivity index (χ4v) is 5.87. The second kappa shape index (κ2) is 12.8. The Kier molecular flexibility index (Phi) is 11.1. The summed E-state index contributed by atoms with van der Waals surface area (Å²) in [5, 5.41) is 18.0. The van der Waals surface area contributed by atoms with E-state index in [4.69, 9.17) is 10.2 Å². The Labute approximate surface area is 156 Å². The summed E-state index contributed by atoms with van der Waals surface area (Å²) in [7, 11) is 4.06. The van der Waals surface area contributed by atoms with Gasteiger partial charge in [0.25, 0.3) is 0 Å². The molecule has 0 aromatic carbocycles. The van der Waals surface area contributed by atoms with Gasteiger partial charge in [-0.15, -0.1) is 0 Å². The van der Waals surface area contributed by atoms with Crippen LogP contribution in [-0.4, -0.2) is 84.0 Å². The van der Waals surface area contributed by atoms with Crippen molar-refractivity contribution in [3.63, 3.8) is 0 Å². The zero-order valence-corrected chi connectivity index (χ0v) is 16.7. The Balaban J connectivity index is 1.40. The van der Waals surface area contributed by atoms with E-state index in [1.54, 1.807) is 0 Å². The number of likely N-dealkylation sites (tertiary alicyclic amines) is 2. The molecule has 0 unspecified atom stereocenters. The molecule has 2 fully saturated rings. The topological polar surface area (TPSA) is 46.9 Å². The fraction of sp³-hybridized carbons (Fsp3) is 1.00. The SMILES string of the molecule is OCCC1CCN(CCSSCCN2CCC(CCO)CC2)CC1. The van der Waals surface area contributed by atoms with Crippen LogP contribution in [0.25, 0.3) is 0 Å². The highest BCUT2D eigenvalue weighted by atomic mass is 33.1. The molecule has 2 N–H and O–H groups in total. The maximum Gasteiger partial charge on any atom is 0.0433 e. The number of aliphatic hydroxyl groups excluding tert-OH is 2. The molecule has 0 atom stereocenters. The first kappa shape index (κ1) is 20.8. The van der Waals surface area contributed by atoms with E-state index in [-0.39, 0.29) is 0 Å². The molecular weight excluding hydrogens is 340 g/mol. The van der Waals surface area contributed by atoms with Crippen LogP contribution >= 0.6 is 21.6 Å². The first-order valence-electron chi connectivity index (χ1n) is 9.72. The maximum atomic E-state index is 9.01. The van der Waals surface area contributed by atoms with Gasteiger partial charge < -0.3 is 20.0 Å². The molecule has 2 rings (SSSR count). The number of rotatable bonds is 11. The summed E-state index contributed by atoms with van der Waals surface area (Å²) in [6, 6.07) is 0. The molecule has 142 valence electrons. The summed E-state index contributed by atoms with van der Waals surface area (Å²) in [5.41, 5.74) is 0. The van der Waals surface area contributed by atoms with Crippen LogP contribution in [0.2, 0.25) is 0 Å². The molecule has 0 radical (unpaired) electrons. The summed E-state index contributed by atoms with van der Waals surface area (Å²) < 4.78 is 0. The predicted molar refractivity (Wildman–Crippen MR) is 107 cm³/mol. The third-order valence-electron chi connectivity index (χ3n) is 5.55. The highest BCUT2D eigenvalue weighted by Crippen LogP contribution is 2.25. The minimum Gasteiger partial charge on any atom is -0.396 e. The Morgan fingerprint density at radius 2 is 1.04 bits per heavy atom. The van der Waals surface area contributed by atoms with Gasteiger partial charge in [-0.3, -0.25) is 0 Å². The van der Waals surface area contributed by atoms with Gasteiger partial charge in [0, 0.05) is 37.8 Å². The summed E-state index contributed by atoms with van der Waals surface area (Å²) >= 11 is 0. The molecule has 2 saturated heterocycles. The van der Waals surface area contributed by atoms with Crippen LogP contribution in [0.15, 0.2) is 0 Å². The Morgan fingerprint density at radius 3 is 1.38 bits per heavy atom. The van der Waals surface area contributed by atoms with Gasteiger partial charge in [-0.2, -0.15) is 0 Å². The summed E-state index contributed by atoms with van der Waals surface area (Å²) in [6.45, 7) is 8.04. The van der Waals surface area contributed by atoms with Gasteiger partial charge in [0.15, 0.2) is 0 Å². The number of nitrogens with zero attached hydrogens (tertiary/aromatic N) is 2. The lowest BCUT2D eigenvalue weighted by atomic mass is 9.94. The van der Waals surface area contributed by atoms with Gasteiger partial charge in [-0.05, 0) is 76.5 Å². The van der Waals surface area contributed by atoms with Crippen LogP contribution in [0, 0.1) is 11.8 Å². The quantitative estimate of drug-likeness (QED) is 0.427. The Hall–Kier alpha value is 0.540. The second-order valence-corrected chi connectivity index (χ2v) is 9.94. The van der Waals surface area contributed by atoms with E-state index in [1.165, 1.54) is 76.5 Å². The number of hydrogen-bond donors (Lipinski definition) is 2. The molecule has 0 aliphatic carbocycles. The second-order valence-electron chi connectivity index (χ2n) is 7.24. The van der Waals surface area contributed by atoms with Crippen molar-refractivity contribution in [3.8, 4) is 0 Å². The maximum absolute atomic E-state index is 9.01. The smallest absolute Gasteiger partial charge is 0.0433 e. The van der Waals surface area contributed by atoms with Crippen molar-refractivity contribution < 1.29 is 10.2 Å². The van der Waals surface area contributed by atoms with Crippen LogP contribution in [0.1, 0.15) is 38.5 Å². The van der Waals surface area contributed by atoms with Crippen molar-refractivity contribution in [1.82, 2.24) is 9.80 Å². The first-order valence-corrected chi connectivity index (χ1v) is 12.2. The molecule has 6 heteroatoms. The normalized spacial score (nSPS) is 22.2. The van der Waals surface area contributed by atoms with Crippen LogP contribution < -0.4 is 0 Å². The lowest BCUT2D eigenvalue weighted by molar-refractivity contribution is 0.164. The van der Waals surface area contributed by atoms with Gasteiger partial charge >= 0.3 is 0 Å². The van der Waals surface area contributed by atoms with E-state index < -0.39 is 0 Å². The fourth-order valence-electron chi connectivity index (χ4n) is 3.81. The highest BCUT2D eigenvalue weighted by molar-refractivity contribution is 8.76. The third kappa shape index (κ3) is 8.28. The van der Waals surface area contributed by atoms with E-state index in [9.17, 15) is 0 Å². The average Bonchev–Trinajstić information content (AvgIpc) is 2.61. The lowest BCUT2D eigenvalue weighted by Gasteiger charge is -2.32. The summed E-state index contributed by atoms with van der Waals surface area (Å²) in [5.74, 6) is 3.98. The molecule has 4 nitrogen and oxygen atoms in total. The molecule has 0 amide bonds. The Bertz CT molecular complexity index is 277. The molecule has 0 aromatic heterocycles. The zero-order chi connectivity index (χ0) is 17.0. The monoisotopic (exact) mass is 376 g/mol. The lowest BCUT2D eigenvalue weighted by Crippen LogP contribution is -2.35. The van der Waals surface area contributed by atoms with E-state index in [0.717, 1.165) is 24.7 Å². The summed E-state index contributed by atoms with van der Waals surface area (Å²) in [4.78, 5) is 5.18. The van der Waals surface area contributed by atoms with Crippen molar-refractivity contribution in [2.24, 2.45) is 11.8 Å². The molecule has 24 heavy (non-hydrogen) atoms. The van der Waals surface area contributed by atoms with E-state index >= 15 is 0 Å². The Morgan fingerprint density at radius 1 is 0.667 bits per heavy atom. The molecule has 0 spiro atoms. The van der Waals surface area contributed by atoms with Crippen molar-refractivity contribution in [2.45, 2.75) is 38.5 Å². The standard InChI is InChI=1S/C18H36N2O2S2/c21-13-5-17-1-7-19(8-2-17)11-15-23-24-16-12-20-9-3-18(4-10-20)6-14-22/h17-18,21-22H,1-16H2. The van der Waals surface area contributed by atoms with Crippen molar-refractivity contribution >= 4 is 21.6 Å². The molecule has 2 aliphatic heterocycles. The van der Waals surface area contributed by atoms with Gasteiger partial charge in [-0.25, -0.2) is 0 Å². The number of hydrogen-bond acceptors (Lipinski definition) is 6. The van der Waals surface area contributed by atoms with Gasteiger partial charge in [0.2, 0.25) is 0 Å². The van der Waals surface area contributed by atoms with Crippen LogP contribution in [-0.2, 0) is 0 Å². The highest BCUT2D eigenvalue weighted by Gasteiger charge is 2.19. The van der Waals surface area contributed by atoms with Gasteiger partial charge in [0.05, 0.1) is 0 Å². The summed E-state index contributed by atoms with van der Waals surface area (Å²) in [6.07, 6.45) is 7.07. The van der Waals surface area contributed by atoms with Crippen molar-refractivity contribution in [3.05, 3.63) is 0 Å². The minimum absolute atomic E-state index is 0.357. The predicted octanol–water partition coefficient (Wildman–Crippen LogP) is 2.56. The van der Waals surface area contributed by atoms with Crippen LogP contribution in [0.4, 0.5) is 0 Å². The van der Waals surface area contributed by atoms with Crippen molar-refractivity contribution in [2.75, 3.05) is 64.0 Å². The molecule has 0 aromatic rings. The molecule has 2 aliphatic rings. The zero-order valence-electron chi connectivity index (χ0n) is 15.1.